The molecule has 2 aromatic rings. The molecule has 0 fully saturated rings. The Balaban J connectivity index is 1.92. The summed E-state index contributed by atoms with van der Waals surface area (Å²) < 4.78 is 45.2. The Morgan fingerprint density at radius 1 is 1.22 bits per heavy atom. The van der Waals surface area contributed by atoms with E-state index >= 15 is 0 Å². The molecule has 0 spiro atoms. The van der Waals surface area contributed by atoms with E-state index in [9.17, 15) is 17.6 Å². The van der Waals surface area contributed by atoms with Crippen molar-refractivity contribution in [1.82, 2.24) is 0 Å². The minimum absolute atomic E-state index is 0.0940. The summed E-state index contributed by atoms with van der Waals surface area (Å²) >= 11 is 5.78. The predicted octanol–water partition coefficient (Wildman–Crippen LogP) is 2.61. The van der Waals surface area contributed by atoms with Crippen LogP contribution in [0.25, 0.3) is 0 Å². The van der Waals surface area contributed by atoms with Crippen molar-refractivity contribution in [3.05, 3.63) is 47.2 Å². The molecule has 2 aromatic carbocycles. The number of ether oxygens (including phenoxy) is 1. The number of amides is 1. The minimum Gasteiger partial charge on any atom is -0.482 e. The smallest absolute Gasteiger partial charge is 0.263 e. The third-order valence-electron chi connectivity index (χ3n) is 3.05. The van der Waals surface area contributed by atoms with Gasteiger partial charge in [0.1, 0.15) is 16.5 Å². The maximum absolute atomic E-state index is 13.0. The van der Waals surface area contributed by atoms with Gasteiger partial charge in [-0.15, -0.1) is 0 Å². The first-order chi connectivity index (χ1) is 10.8. The molecular weight excluding hydrogens is 347 g/mol. The van der Waals surface area contributed by atoms with Gasteiger partial charge in [0.25, 0.3) is 15.9 Å². The molecule has 6 nitrogen and oxygen atoms in total. The molecule has 0 bridgehead atoms. The molecule has 0 aliphatic carbocycles. The fraction of sp³-hybridized carbons (Fsp3) is 0.0714. The molecule has 0 aromatic heterocycles. The molecule has 2 N–H and O–H groups in total. The van der Waals surface area contributed by atoms with Crippen molar-refractivity contribution in [1.29, 1.82) is 0 Å². The number of nitrogens with one attached hydrogen (secondary N) is 2. The van der Waals surface area contributed by atoms with Crippen molar-refractivity contribution in [2.75, 3.05) is 16.6 Å². The zero-order valence-electron chi connectivity index (χ0n) is 11.5. The average Bonchev–Trinajstić information content (AvgIpc) is 2.45. The summed E-state index contributed by atoms with van der Waals surface area (Å²) in [5.74, 6) is -0.533. The van der Waals surface area contributed by atoms with Crippen LogP contribution in [0.15, 0.2) is 41.3 Å². The van der Waals surface area contributed by atoms with E-state index in [4.69, 9.17) is 16.3 Å². The summed E-state index contributed by atoms with van der Waals surface area (Å²) in [6, 6.07) is 7.41. The van der Waals surface area contributed by atoms with Gasteiger partial charge in [0.2, 0.25) is 0 Å². The lowest BCUT2D eigenvalue weighted by molar-refractivity contribution is -0.118. The van der Waals surface area contributed by atoms with E-state index in [1.54, 1.807) is 0 Å². The second-order valence-electron chi connectivity index (χ2n) is 4.73. The molecule has 1 heterocycles. The zero-order chi connectivity index (χ0) is 16.6. The highest BCUT2D eigenvalue weighted by molar-refractivity contribution is 7.92. The molecule has 9 heteroatoms. The van der Waals surface area contributed by atoms with Crippen LogP contribution in [0.1, 0.15) is 0 Å². The fourth-order valence-corrected chi connectivity index (χ4v) is 3.63. The first kappa shape index (κ1) is 15.6. The van der Waals surface area contributed by atoms with Crippen LogP contribution in [-0.2, 0) is 14.8 Å². The number of rotatable bonds is 3. The minimum atomic E-state index is -4.00. The summed E-state index contributed by atoms with van der Waals surface area (Å²) in [6.45, 7) is -0.0940. The van der Waals surface area contributed by atoms with Crippen LogP contribution in [0, 0.1) is 5.82 Å². The van der Waals surface area contributed by atoms with Gasteiger partial charge < -0.3 is 10.1 Å². The highest BCUT2D eigenvalue weighted by atomic mass is 35.5. The Bertz CT molecular complexity index is 902. The summed E-state index contributed by atoms with van der Waals surface area (Å²) in [7, 11) is -4.00. The van der Waals surface area contributed by atoms with Crippen LogP contribution in [0.3, 0.4) is 0 Å². The molecule has 0 atom stereocenters. The third kappa shape index (κ3) is 3.22. The summed E-state index contributed by atoms with van der Waals surface area (Å²) in [5, 5.41) is 2.34. The van der Waals surface area contributed by atoms with Gasteiger partial charge in [-0.3, -0.25) is 9.52 Å². The zero-order valence-corrected chi connectivity index (χ0v) is 13.0. The van der Waals surface area contributed by atoms with Gasteiger partial charge in [0.05, 0.1) is 16.4 Å². The fourth-order valence-electron chi connectivity index (χ4n) is 2.05. The van der Waals surface area contributed by atoms with Crippen LogP contribution in [0.4, 0.5) is 15.8 Å². The maximum Gasteiger partial charge on any atom is 0.263 e. The normalized spacial score (nSPS) is 13.7. The molecule has 1 aliphatic rings. The van der Waals surface area contributed by atoms with E-state index in [0.717, 1.165) is 18.2 Å². The van der Waals surface area contributed by atoms with Gasteiger partial charge in [0.15, 0.2) is 6.61 Å². The molecule has 0 saturated heterocycles. The van der Waals surface area contributed by atoms with E-state index in [2.05, 4.69) is 10.0 Å². The second kappa shape index (κ2) is 5.71. The highest BCUT2D eigenvalue weighted by Crippen LogP contribution is 2.32. The molecule has 23 heavy (non-hydrogen) atoms. The average molecular weight is 357 g/mol. The standard InChI is InChI=1S/C14H10ClFN2O4S/c15-10-5-8(16)1-4-13(10)23(20,21)18-9-2-3-12-11(6-9)17-14(19)7-22-12/h1-6,18H,7H2,(H,17,19). The Morgan fingerprint density at radius 2 is 2.00 bits per heavy atom. The summed E-state index contributed by atoms with van der Waals surface area (Å²) in [4.78, 5) is 11.0. The molecule has 1 aliphatic heterocycles. The number of halogens is 2. The Kier molecular flexibility index (Phi) is 3.87. The largest absolute Gasteiger partial charge is 0.482 e. The number of fused-ring (bicyclic) bond motifs is 1. The number of sulfonamides is 1. The van der Waals surface area contributed by atoms with E-state index in [-0.39, 0.29) is 28.1 Å². The molecular formula is C14H10ClFN2O4S. The van der Waals surface area contributed by atoms with Crippen molar-refractivity contribution < 1.29 is 22.3 Å². The van der Waals surface area contributed by atoms with Crippen molar-refractivity contribution in [2.24, 2.45) is 0 Å². The van der Waals surface area contributed by atoms with Crippen molar-refractivity contribution in [2.45, 2.75) is 4.90 Å². The van der Waals surface area contributed by atoms with Crippen molar-refractivity contribution in [3.63, 3.8) is 0 Å². The third-order valence-corrected chi connectivity index (χ3v) is 4.91. The lowest BCUT2D eigenvalue weighted by Crippen LogP contribution is -2.25. The van der Waals surface area contributed by atoms with Crippen LogP contribution in [-0.4, -0.2) is 20.9 Å². The van der Waals surface area contributed by atoms with E-state index in [0.29, 0.717) is 11.4 Å². The number of carbonyl (C=O) groups is 1. The Hall–Kier alpha value is -2.32. The van der Waals surface area contributed by atoms with Gasteiger partial charge in [-0.1, -0.05) is 11.6 Å². The molecule has 0 radical (unpaired) electrons. The number of hydrogen-bond acceptors (Lipinski definition) is 4. The monoisotopic (exact) mass is 356 g/mol. The van der Waals surface area contributed by atoms with Gasteiger partial charge >= 0.3 is 0 Å². The molecule has 0 saturated carbocycles. The van der Waals surface area contributed by atoms with Gasteiger partial charge in [0, 0.05) is 0 Å². The van der Waals surface area contributed by atoms with Crippen LogP contribution in [0.2, 0.25) is 5.02 Å². The van der Waals surface area contributed by atoms with Gasteiger partial charge in [-0.05, 0) is 36.4 Å². The van der Waals surface area contributed by atoms with Crippen LogP contribution in [0.5, 0.6) is 5.75 Å². The molecule has 3 rings (SSSR count). The molecule has 120 valence electrons. The van der Waals surface area contributed by atoms with Crippen LogP contribution >= 0.6 is 11.6 Å². The van der Waals surface area contributed by atoms with E-state index < -0.39 is 15.8 Å². The van der Waals surface area contributed by atoms with Crippen molar-refractivity contribution in [3.8, 4) is 5.75 Å². The highest BCUT2D eigenvalue weighted by Gasteiger charge is 2.21. The second-order valence-corrected chi connectivity index (χ2v) is 6.79. The van der Waals surface area contributed by atoms with Crippen LogP contribution < -0.4 is 14.8 Å². The first-order valence-corrected chi connectivity index (χ1v) is 8.26. The number of benzene rings is 2. The van der Waals surface area contributed by atoms with E-state index in [1.165, 1.54) is 18.2 Å². The van der Waals surface area contributed by atoms with Crippen molar-refractivity contribution >= 4 is 38.9 Å². The number of carbonyl (C=O) groups excluding carboxylic acids is 1. The predicted molar refractivity (Wildman–Crippen MR) is 82.8 cm³/mol. The lowest BCUT2D eigenvalue weighted by atomic mass is 10.2. The topological polar surface area (TPSA) is 84.5 Å². The maximum atomic E-state index is 13.0. The molecule has 0 unspecified atom stereocenters. The summed E-state index contributed by atoms with van der Waals surface area (Å²) in [5.41, 5.74) is 0.557. The Morgan fingerprint density at radius 3 is 2.74 bits per heavy atom. The SMILES string of the molecule is O=C1COc2ccc(NS(=O)(=O)c3ccc(F)cc3Cl)cc2N1. The number of hydrogen-bond donors (Lipinski definition) is 2. The van der Waals surface area contributed by atoms with Gasteiger partial charge in [-0.2, -0.15) is 0 Å². The quantitative estimate of drug-likeness (QED) is 0.885. The summed E-state index contributed by atoms with van der Waals surface area (Å²) in [6.07, 6.45) is 0. The first-order valence-electron chi connectivity index (χ1n) is 6.40. The van der Waals surface area contributed by atoms with E-state index in [1.807, 2.05) is 0 Å². The number of anilines is 2. The Labute approximate surface area is 136 Å². The molecule has 1 amide bonds. The van der Waals surface area contributed by atoms with Gasteiger partial charge in [-0.25, -0.2) is 12.8 Å². The lowest BCUT2D eigenvalue weighted by Gasteiger charge is -2.19.